The Labute approximate surface area is 103 Å². The second-order valence-corrected chi connectivity index (χ2v) is 5.90. The number of sulfonamides is 1. The molecule has 0 saturated heterocycles. The maximum atomic E-state index is 11.9. The van der Waals surface area contributed by atoms with Crippen molar-refractivity contribution in [1.29, 1.82) is 0 Å². The summed E-state index contributed by atoms with van der Waals surface area (Å²) in [6, 6.07) is -0.307. The van der Waals surface area contributed by atoms with Gasteiger partial charge in [0.1, 0.15) is 6.54 Å². The first-order valence-electron chi connectivity index (χ1n) is 5.55. The van der Waals surface area contributed by atoms with E-state index in [2.05, 4.69) is 0 Å². The van der Waals surface area contributed by atoms with Gasteiger partial charge in [0.2, 0.25) is 10.0 Å². The molecule has 0 fully saturated rings. The molecule has 102 valence electrons. The Bertz CT molecular complexity index is 328. The third kappa shape index (κ3) is 5.99. The molecule has 0 radical (unpaired) electrons. The molecule has 1 atom stereocenters. The maximum Gasteiger partial charge on any atom is 0.318 e. The van der Waals surface area contributed by atoms with E-state index in [1.807, 2.05) is 6.92 Å². The lowest BCUT2D eigenvalue weighted by Crippen LogP contribution is -2.43. The minimum Gasteiger partial charge on any atom is -0.480 e. The Morgan fingerprint density at radius 2 is 2.06 bits per heavy atom. The molecule has 0 heterocycles. The number of ether oxygens (including phenoxy) is 1. The van der Waals surface area contributed by atoms with Gasteiger partial charge < -0.3 is 9.84 Å². The molecule has 0 rings (SSSR count). The average Bonchev–Trinajstić information content (AvgIpc) is 2.24. The van der Waals surface area contributed by atoms with E-state index in [1.54, 1.807) is 6.92 Å². The van der Waals surface area contributed by atoms with Crippen LogP contribution < -0.4 is 0 Å². The number of aliphatic carboxylic acids is 1. The molecule has 1 N–H and O–H groups in total. The minimum absolute atomic E-state index is 0.0849. The maximum absolute atomic E-state index is 11.9. The lowest BCUT2D eigenvalue weighted by Gasteiger charge is -2.25. The first-order valence-corrected chi connectivity index (χ1v) is 7.16. The van der Waals surface area contributed by atoms with Crippen molar-refractivity contribution < 1.29 is 23.1 Å². The van der Waals surface area contributed by atoms with E-state index in [9.17, 15) is 13.2 Å². The highest BCUT2D eigenvalue weighted by Crippen LogP contribution is 2.11. The molecule has 0 aromatic heterocycles. The second kappa shape index (κ2) is 7.62. The highest BCUT2D eigenvalue weighted by atomic mass is 32.2. The summed E-state index contributed by atoms with van der Waals surface area (Å²) < 4.78 is 29.7. The zero-order valence-electron chi connectivity index (χ0n) is 10.5. The van der Waals surface area contributed by atoms with Crippen LogP contribution >= 0.6 is 0 Å². The van der Waals surface area contributed by atoms with Gasteiger partial charge in [0.05, 0.1) is 5.75 Å². The fourth-order valence-corrected chi connectivity index (χ4v) is 3.09. The number of nitrogens with zero attached hydrogens (tertiary/aromatic N) is 1. The van der Waals surface area contributed by atoms with Gasteiger partial charge in [0, 0.05) is 19.8 Å². The molecular weight excluding hydrogens is 246 g/mol. The molecule has 0 saturated carbocycles. The van der Waals surface area contributed by atoms with E-state index in [1.165, 1.54) is 7.11 Å². The van der Waals surface area contributed by atoms with Gasteiger partial charge in [-0.25, -0.2) is 8.42 Å². The molecular formula is C10H21NO5S. The molecule has 0 aliphatic carbocycles. The Morgan fingerprint density at radius 1 is 1.47 bits per heavy atom. The van der Waals surface area contributed by atoms with Crippen molar-refractivity contribution in [2.75, 3.05) is 26.0 Å². The summed E-state index contributed by atoms with van der Waals surface area (Å²) in [6.45, 7) is 3.39. The summed E-state index contributed by atoms with van der Waals surface area (Å²) in [5.74, 6) is -1.22. The van der Waals surface area contributed by atoms with Gasteiger partial charge in [-0.2, -0.15) is 4.31 Å². The fraction of sp³-hybridized carbons (Fsp3) is 0.900. The Balaban J connectivity index is 4.70. The van der Waals surface area contributed by atoms with Crippen LogP contribution in [0.2, 0.25) is 0 Å². The fourth-order valence-electron chi connectivity index (χ4n) is 1.37. The van der Waals surface area contributed by atoms with Crippen LogP contribution in [0.4, 0.5) is 0 Å². The zero-order valence-corrected chi connectivity index (χ0v) is 11.4. The molecule has 0 aliphatic rings. The predicted octanol–water partition coefficient (Wildman–Crippen LogP) is 0.538. The minimum atomic E-state index is -3.53. The first kappa shape index (κ1) is 16.3. The van der Waals surface area contributed by atoms with E-state index >= 15 is 0 Å². The van der Waals surface area contributed by atoms with Crippen LogP contribution in [-0.2, 0) is 19.6 Å². The second-order valence-electron chi connectivity index (χ2n) is 3.86. The number of carbonyl (C=O) groups is 1. The lowest BCUT2D eigenvalue weighted by molar-refractivity contribution is -0.137. The number of carboxylic acids is 1. The van der Waals surface area contributed by atoms with E-state index in [0.717, 1.165) is 4.31 Å². The number of methoxy groups -OCH3 is 1. The number of rotatable bonds is 9. The molecule has 6 nitrogen and oxygen atoms in total. The number of hydrogen-bond donors (Lipinski definition) is 1. The average molecular weight is 267 g/mol. The molecule has 7 heteroatoms. The van der Waals surface area contributed by atoms with E-state index in [4.69, 9.17) is 9.84 Å². The van der Waals surface area contributed by atoms with Crippen LogP contribution in [0.15, 0.2) is 0 Å². The summed E-state index contributed by atoms with van der Waals surface area (Å²) in [4.78, 5) is 10.7. The molecule has 0 spiro atoms. The number of hydrogen-bond acceptors (Lipinski definition) is 4. The molecule has 1 unspecified atom stereocenters. The van der Waals surface area contributed by atoms with Gasteiger partial charge in [0.25, 0.3) is 0 Å². The van der Waals surface area contributed by atoms with Crippen molar-refractivity contribution in [3.8, 4) is 0 Å². The highest BCUT2D eigenvalue weighted by Gasteiger charge is 2.27. The molecule has 0 amide bonds. The Kier molecular flexibility index (Phi) is 7.33. The first-order chi connectivity index (χ1) is 7.85. The van der Waals surface area contributed by atoms with Crippen LogP contribution in [0.1, 0.15) is 26.7 Å². The Hall–Kier alpha value is -0.660. The summed E-state index contributed by atoms with van der Waals surface area (Å²) in [7, 11) is -2.03. The summed E-state index contributed by atoms with van der Waals surface area (Å²) in [5.41, 5.74) is 0. The zero-order chi connectivity index (χ0) is 13.5. The van der Waals surface area contributed by atoms with Crippen molar-refractivity contribution >= 4 is 16.0 Å². The predicted molar refractivity (Wildman–Crippen MR) is 64.4 cm³/mol. The molecule has 17 heavy (non-hydrogen) atoms. The third-order valence-corrected chi connectivity index (χ3v) is 4.49. The third-order valence-electron chi connectivity index (χ3n) is 2.48. The Morgan fingerprint density at radius 3 is 2.47 bits per heavy atom. The van der Waals surface area contributed by atoms with Crippen LogP contribution in [0, 0.1) is 0 Å². The molecule has 0 aliphatic heterocycles. The van der Waals surface area contributed by atoms with Crippen LogP contribution in [0.25, 0.3) is 0 Å². The summed E-state index contributed by atoms with van der Waals surface area (Å²) >= 11 is 0. The van der Waals surface area contributed by atoms with Gasteiger partial charge in [-0.3, -0.25) is 4.79 Å². The highest BCUT2D eigenvalue weighted by molar-refractivity contribution is 7.89. The quantitative estimate of drug-likeness (QED) is 0.616. The van der Waals surface area contributed by atoms with E-state index < -0.39 is 22.5 Å². The summed E-state index contributed by atoms with van der Waals surface area (Å²) in [6.07, 6.45) is 0.947. The van der Waals surface area contributed by atoms with Gasteiger partial charge in [-0.1, -0.05) is 6.92 Å². The lowest BCUT2D eigenvalue weighted by atomic mass is 10.2. The van der Waals surface area contributed by atoms with Crippen molar-refractivity contribution in [2.24, 2.45) is 0 Å². The molecule has 0 aromatic rings. The van der Waals surface area contributed by atoms with Crippen molar-refractivity contribution in [3.05, 3.63) is 0 Å². The normalized spacial score (nSPS) is 13.9. The SMILES string of the molecule is CCC(C)N(CC(=O)O)S(=O)(=O)CCCOC. The van der Waals surface area contributed by atoms with Crippen molar-refractivity contribution in [3.63, 3.8) is 0 Å². The van der Waals surface area contributed by atoms with Crippen molar-refractivity contribution in [2.45, 2.75) is 32.7 Å². The van der Waals surface area contributed by atoms with Gasteiger partial charge >= 0.3 is 5.97 Å². The monoisotopic (exact) mass is 267 g/mol. The van der Waals surface area contributed by atoms with Crippen LogP contribution in [0.5, 0.6) is 0 Å². The molecule has 0 bridgehead atoms. The standard InChI is InChI=1S/C10H21NO5S/c1-4-9(2)11(8-10(12)13)17(14,15)7-5-6-16-3/h9H,4-8H2,1-3H3,(H,12,13). The molecule has 0 aromatic carbocycles. The topological polar surface area (TPSA) is 83.9 Å². The van der Waals surface area contributed by atoms with Crippen LogP contribution in [-0.4, -0.2) is 55.9 Å². The van der Waals surface area contributed by atoms with E-state index in [-0.39, 0.29) is 11.8 Å². The van der Waals surface area contributed by atoms with Crippen LogP contribution in [0.3, 0.4) is 0 Å². The number of carboxylic acid groups (broad SMARTS) is 1. The smallest absolute Gasteiger partial charge is 0.318 e. The van der Waals surface area contributed by atoms with Gasteiger partial charge in [0.15, 0.2) is 0 Å². The largest absolute Gasteiger partial charge is 0.480 e. The van der Waals surface area contributed by atoms with Crippen molar-refractivity contribution in [1.82, 2.24) is 4.31 Å². The van der Waals surface area contributed by atoms with E-state index in [0.29, 0.717) is 19.4 Å². The van der Waals surface area contributed by atoms with Gasteiger partial charge in [-0.05, 0) is 19.8 Å². The van der Waals surface area contributed by atoms with Gasteiger partial charge in [-0.15, -0.1) is 0 Å². The summed E-state index contributed by atoms with van der Waals surface area (Å²) in [5, 5.41) is 8.73.